The smallest absolute Gasteiger partial charge is 0.243 e. The molecule has 1 rings (SSSR count). The monoisotopic (exact) mass is 305 g/mol. The molecular formula is C15H19N3O2S. The Morgan fingerprint density at radius 2 is 2.10 bits per heavy atom. The molecule has 21 heavy (non-hydrogen) atoms. The maximum Gasteiger partial charge on any atom is 0.243 e. The Morgan fingerprint density at radius 3 is 2.67 bits per heavy atom. The Hall–Kier alpha value is -1.86. The Bertz CT molecular complexity index is 679. The molecule has 0 fully saturated rings. The molecule has 0 saturated heterocycles. The van der Waals surface area contributed by atoms with Gasteiger partial charge in [0.25, 0.3) is 0 Å². The average molecular weight is 305 g/mol. The van der Waals surface area contributed by atoms with E-state index in [1.807, 2.05) is 6.07 Å². The normalized spacial score (nSPS) is 11.0. The summed E-state index contributed by atoms with van der Waals surface area (Å²) in [5, 5.41) is 8.67. The van der Waals surface area contributed by atoms with Gasteiger partial charge in [-0.2, -0.15) is 9.57 Å². The van der Waals surface area contributed by atoms with E-state index in [1.54, 1.807) is 26.0 Å². The van der Waals surface area contributed by atoms with Crippen LogP contribution in [0.5, 0.6) is 0 Å². The molecule has 0 aromatic heterocycles. The van der Waals surface area contributed by atoms with Crippen LogP contribution in [0.3, 0.4) is 0 Å². The fraction of sp³-hybridized carbons (Fsp3) is 0.400. The second-order valence-electron chi connectivity index (χ2n) is 4.65. The zero-order valence-corrected chi connectivity index (χ0v) is 13.0. The maximum atomic E-state index is 12.6. The van der Waals surface area contributed by atoms with E-state index in [4.69, 9.17) is 11.0 Å². The minimum atomic E-state index is -3.64. The summed E-state index contributed by atoms with van der Waals surface area (Å²) < 4.78 is 26.6. The second-order valence-corrected chi connectivity index (χ2v) is 6.54. The van der Waals surface area contributed by atoms with E-state index >= 15 is 0 Å². The SMILES string of the molecule is CC(C)N(CCC#N)S(=O)(=O)c1cccc(C#CCN)c1. The van der Waals surface area contributed by atoms with Crippen LogP contribution in [-0.4, -0.2) is 31.9 Å². The lowest BCUT2D eigenvalue weighted by molar-refractivity contribution is 0.360. The molecule has 0 aliphatic carbocycles. The van der Waals surface area contributed by atoms with E-state index in [2.05, 4.69) is 11.8 Å². The molecule has 0 atom stereocenters. The van der Waals surface area contributed by atoms with Gasteiger partial charge in [-0.25, -0.2) is 8.42 Å². The summed E-state index contributed by atoms with van der Waals surface area (Å²) in [6.07, 6.45) is 0.157. The molecule has 2 N–H and O–H groups in total. The summed E-state index contributed by atoms with van der Waals surface area (Å²) in [4.78, 5) is 0.179. The third kappa shape index (κ3) is 4.57. The van der Waals surface area contributed by atoms with E-state index in [0.29, 0.717) is 5.56 Å². The summed E-state index contributed by atoms with van der Waals surface area (Å²) in [6, 6.07) is 8.20. The summed E-state index contributed by atoms with van der Waals surface area (Å²) in [7, 11) is -3.64. The summed E-state index contributed by atoms with van der Waals surface area (Å²) in [6.45, 7) is 3.96. The van der Waals surface area contributed by atoms with Crippen molar-refractivity contribution >= 4 is 10.0 Å². The maximum absolute atomic E-state index is 12.6. The molecule has 0 unspecified atom stereocenters. The van der Waals surface area contributed by atoms with Gasteiger partial charge in [0.05, 0.1) is 17.5 Å². The number of nitriles is 1. The van der Waals surface area contributed by atoms with Gasteiger partial charge in [-0.15, -0.1) is 0 Å². The highest BCUT2D eigenvalue weighted by molar-refractivity contribution is 7.89. The zero-order valence-electron chi connectivity index (χ0n) is 12.2. The van der Waals surface area contributed by atoms with Gasteiger partial charge in [0.2, 0.25) is 10.0 Å². The standard InChI is InChI=1S/C15H19N3O2S/c1-13(2)18(11-5-10-17)21(19,20)15-8-3-6-14(12-15)7-4-9-16/h3,6,8,12-13H,5,9,11,16H2,1-2H3. The quantitative estimate of drug-likeness (QED) is 0.831. The van der Waals surface area contributed by atoms with Crippen molar-refractivity contribution in [3.05, 3.63) is 29.8 Å². The van der Waals surface area contributed by atoms with Crippen molar-refractivity contribution in [3.63, 3.8) is 0 Å². The topological polar surface area (TPSA) is 87.2 Å². The second kappa shape index (κ2) is 7.80. The van der Waals surface area contributed by atoms with Crippen LogP contribution in [0.4, 0.5) is 0 Å². The number of benzene rings is 1. The van der Waals surface area contributed by atoms with Gasteiger partial charge in [-0.05, 0) is 32.0 Å². The lowest BCUT2D eigenvalue weighted by Crippen LogP contribution is -2.37. The van der Waals surface area contributed by atoms with Gasteiger partial charge in [0.1, 0.15) is 0 Å². The van der Waals surface area contributed by atoms with Crippen LogP contribution < -0.4 is 5.73 Å². The molecule has 0 amide bonds. The molecular weight excluding hydrogens is 286 g/mol. The Kier molecular flexibility index (Phi) is 6.39. The number of nitrogens with two attached hydrogens (primary N) is 1. The van der Waals surface area contributed by atoms with Crippen LogP contribution in [0.15, 0.2) is 29.2 Å². The minimum Gasteiger partial charge on any atom is -0.320 e. The third-order valence-corrected chi connectivity index (χ3v) is 4.87. The van der Waals surface area contributed by atoms with Gasteiger partial charge in [0.15, 0.2) is 0 Å². The Morgan fingerprint density at radius 1 is 1.38 bits per heavy atom. The fourth-order valence-electron chi connectivity index (χ4n) is 1.84. The van der Waals surface area contributed by atoms with E-state index in [-0.39, 0.29) is 30.4 Å². The highest BCUT2D eigenvalue weighted by Crippen LogP contribution is 2.19. The average Bonchev–Trinajstić information content (AvgIpc) is 2.45. The van der Waals surface area contributed by atoms with E-state index in [9.17, 15) is 8.42 Å². The molecule has 0 heterocycles. The minimum absolute atomic E-state index is 0.157. The van der Waals surface area contributed by atoms with Crippen LogP contribution in [-0.2, 0) is 10.0 Å². The van der Waals surface area contributed by atoms with Crippen molar-refractivity contribution in [3.8, 4) is 17.9 Å². The number of hydrogen-bond donors (Lipinski definition) is 1. The first kappa shape index (κ1) is 17.2. The van der Waals surface area contributed by atoms with Gasteiger partial charge in [0, 0.05) is 24.6 Å². The van der Waals surface area contributed by atoms with E-state index in [0.717, 1.165) is 0 Å². The van der Waals surface area contributed by atoms with Gasteiger partial charge < -0.3 is 5.73 Å². The molecule has 0 radical (unpaired) electrons. The van der Waals surface area contributed by atoms with Gasteiger partial charge in [-0.1, -0.05) is 17.9 Å². The fourth-order valence-corrected chi connectivity index (χ4v) is 3.52. The first-order valence-corrected chi connectivity index (χ1v) is 8.05. The first-order valence-electron chi connectivity index (χ1n) is 6.61. The zero-order chi connectivity index (χ0) is 15.9. The van der Waals surface area contributed by atoms with Crippen molar-refractivity contribution in [2.45, 2.75) is 31.2 Å². The lowest BCUT2D eigenvalue weighted by Gasteiger charge is -2.25. The molecule has 6 heteroatoms. The van der Waals surface area contributed by atoms with Crippen LogP contribution in [0.2, 0.25) is 0 Å². The van der Waals surface area contributed by atoms with Crippen molar-refractivity contribution < 1.29 is 8.42 Å². The van der Waals surface area contributed by atoms with Crippen molar-refractivity contribution in [1.82, 2.24) is 4.31 Å². The first-order chi connectivity index (χ1) is 9.93. The molecule has 0 aliphatic rings. The van der Waals surface area contributed by atoms with E-state index in [1.165, 1.54) is 16.4 Å². The molecule has 0 aliphatic heterocycles. The Labute approximate surface area is 126 Å². The molecule has 112 valence electrons. The summed E-state index contributed by atoms with van der Waals surface area (Å²) >= 11 is 0. The number of hydrogen-bond acceptors (Lipinski definition) is 4. The molecule has 5 nitrogen and oxygen atoms in total. The predicted octanol–water partition coefficient (Wildman–Crippen LogP) is 1.31. The highest BCUT2D eigenvalue weighted by atomic mass is 32.2. The van der Waals surface area contributed by atoms with Crippen LogP contribution >= 0.6 is 0 Å². The van der Waals surface area contributed by atoms with Crippen molar-refractivity contribution in [2.24, 2.45) is 5.73 Å². The number of sulfonamides is 1. The molecule has 0 bridgehead atoms. The third-order valence-electron chi connectivity index (χ3n) is 2.80. The van der Waals surface area contributed by atoms with Crippen molar-refractivity contribution in [2.75, 3.05) is 13.1 Å². The lowest BCUT2D eigenvalue weighted by atomic mass is 10.2. The molecule has 1 aromatic rings. The summed E-state index contributed by atoms with van der Waals surface area (Å²) in [5.74, 6) is 5.51. The summed E-state index contributed by atoms with van der Waals surface area (Å²) in [5.41, 5.74) is 5.91. The van der Waals surface area contributed by atoms with Crippen LogP contribution in [0.1, 0.15) is 25.8 Å². The van der Waals surface area contributed by atoms with E-state index < -0.39 is 10.0 Å². The Balaban J connectivity index is 3.19. The molecule has 0 spiro atoms. The number of nitrogens with zero attached hydrogens (tertiary/aromatic N) is 2. The molecule has 1 aromatic carbocycles. The van der Waals surface area contributed by atoms with Crippen LogP contribution in [0.25, 0.3) is 0 Å². The van der Waals surface area contributed by atoms with Gasteiger partial charge in [-0.3, -0.25) is 0 Å². The van der Waals surface area contributed by atoms with Crippen LogP contribution in [0, 0.1) is 23.2 Å². The highest BCUT2D eigenvalue weighted by Gasteiger charge is 2.26. The van der Waals surface area contributed by atoms with Gasteiger partial charge >= 0.3 is 0 Å². The van der Waals surface area contributed by atoms with Crippen molar-refractivity contribution in [1.29, 1.82) is 5.26 Å². The predicted molar refractivity (Wildman–Crippen MR) is 81.6 cm³/mol. The largest absolute Gasteiger partial charge is 0.320 e. The molecule has 0 saturated carbocycles. The number of rotatable bonds is 5.